The molecule has 1 atom stereocenters. The molecule has 1 unspecified atom stereocenters. The molecule has 35 heavy (non-hydrogen) atoms. The van der Waals surface area contributed by atoms with Crippen LogP contribution in [0.1, 0.15) is 12.5 Å². The Labute approximate surface area is 209 Å². The Morgan fingerprint density at radius 1 is 0.971 bits per heavy atom. The zero-order valence-corrected chi connectivity index (χ0v) is 20.8. The highest BCUT2D eigenvalue weighted by molar-refractivity contribution is 7.92. The molecular weight excluding hydrogens is 493 g/mol. The highest BCUT2D eigenvalue weighted by atomic mass is 35.5. The minimum absolute atomic E-state index is 0.0345. The molecule has 0 spiro atoms. The lowest BCUT2D eigenvalue weighted by Gasteiger charge is -2.32. The molecule has 0 aliphatic rings. The Bertz CT molecular complexity index is 1300. The van der Waals surface area contributed by atoms with Gasteiger partial charge in [-0.25, -0.2) is 12.8 Å². The van der Waals surface area contributed by atoms with E-state index in [1.54, 1.807) is 36.4 Å². The number of hydrogen-bond acceptors (Lipinski definition) is 4. The number of anilines is 1. The van der Waals surface area contributed by atoms with Crippen LogP contribution in [0, 0.1) is 5.82 Å². The molecule has 0 fully saturated rings. The van der Waals surface area contributed by atoms with E-state index in [-0.39, 0.29) is 27.7 Å². The number of nitrogens with one attached hydrogen (secondary N) is 1. The van der Waals surface area contributed by atoms with Crippen LogP contribution >= 0.6 is 11.6 Å². The summed E-state index contributed by atoms with van der Waals surface area (Å²) in [4.78, 5) is 27.1. The summed E-state index contributed by atoms with van der Waals surface area (Å²) in [5.74, 6) is -1.73. The van der Waals surface area contributed by atoms with Crippen molar-refractivity contribution in [3.05, 3.63) is 95.3 Å². The third-order valence-electron chi connectivity index (χ3n) is 5.44. The van der Waals surface area contributed by atoms with E-state index in [9.17, 15) is 22.4 Å². The maximum absolute atomic E-state index is 14.4. The van der Waals surface area contributed by atoms with Crippen molar-refractivity contribution >= 4 is 39.1 Å². The zero-order valence-electron chi connectivity index (χ0n) is 19.2. The van der Waals surface area contributed by atoms with Gasteiger partial charge in [-0.1, -0.05) is 60.1 Å². The molecule has 0 bridgehead atoms. The van der Waals surface area contributed by atoms with Gasteiger partial charge in [-0.05, 0) is 37.3 Å². The SMILES string of the molecule is CNC(=O)C(C)N(Cc1ccccc1F)C(=O)CN(c1ccccc1Cl)S(=O)(=O)c1ccccc1. The Morgan fingerprint density at radius 3 is 2.20 bits per heavy atom. The predicted molar refractivity (Wildman–Crippen MR) is 133 cm³/mol. The fourth-order valence-electron chi connectivity index (χ4n) is 3.49. The molecule has 0 heterocycles. The second kappa shape index (κ2) is 11.3. The highest BCUT2D eigenvalue weighted by Crippen LogP contribution is 2.30. The number of para-hydroxylation sites is 1. The molecule has 3 rings (SSSR count). The van der Waals surface area contributed by atoms with Crippen LogP contribution in [-0.4, -0.2) is 44.8 Å². The van der Waals surface area contributed by atoms with E-state index >= 15 is 0 Å². The number of carbonyl (C=O) groups excluding carboxylic acids is 2. The summed E-state index contributed by atoms with van der Waals surface area (Å²) in [6.45, 7) is 0.599. The van der Waals surface area contributed by atoms with Gasteiger partial charge in [-0.3, -0.25) is 13.9 Å². The molecule has 0 aliphatic heterocycles. The topological polar surface area (TPSA) is 86.8 Å². The van der Waals surface area contributed by atoms with E-state index in [0.29, 0.717) is 0 Å². The van der Waals surface area contributed by atoms with Crippen molar-refractivity contribution in [2.45, 2.75) is 24.4 Å². The third kappa shape index (κ3) is 5.98. The van der Waals surface area contributed by atoms with Crippen LogP contribution in [0.5, 0.6) is 0 Å². The fraction of sp³-hybridized carbons (Fsp3) is 0.200. The Hall–Kier alpha value is -3.43. The number of likely N-dealkylation sites (N-methyl/N-ethyl adjacent to an activating group) is 1. The van der Waals surface area contributed by atoms with Crippen molar-refractivity contribution in [1.82, 2.24) is 10.2 Å². The van der Waals surface area contributed by atoms with Crippen molar-refractivity contribution in [2.75, 3.05) is 17.9 Å². The molecule has 7 nitrogen and oxygen atoms in total. The van der Waals surface area contributed by atoms with Crippen molar-refractivity contribution in [3.8, 4) is 0 Å². The van der Waals surface area contributed by atoms with E-state index in [1.165, 1.54) is 56.4 Å². The van der Waals surface area contributed by atoms with E-state index in [4.69, 9.17) is 11.6 Å². The Balaban J connectivity index is 2.05. The monoisotopic (exact) mass is 517 g/mol. The fourth-order valence-corrected chi connectivity index (χ4v) is 5.23. The van der Waals surface area contributed by atoms with E-state index in [0.717, 1.165) is 9.21 Å². The molecule has 10 heteroatoms. The van der Waals surface area contributed by atoms with E-state index in [2.05, 4.69) is 5.32 Å². The normalized spacial score (nSPS) is 12.0. The van der Waals surface area contributed by atoms with Crippen LogP contribution in [0.25, 0.3) is 0 Å². The molecular formula is C25H25ClFN3O4S. The Morgan fingerprint density at radius 2 is 1.57 bits per heavy atom. The van der Waals surface area contributed by atoms with Gasteiger partial charge in [-0.2, -0.15) is 0 Å². The van der Waals surface area contributed by atoms with Crippen LogP contribution in [0.15, 0.2) is 83.8 Å². The minimum atomic E-state index is -4.21. The van der Waals surface area contributed by atoms with Crippen molar-refractivity contribution in [1.29, 1.82) is 0 Å². The third-order valence-corrected chi connectivity index (χ3v) is 7.54. The van der Waals surface area contributed by atoms with E-state index in [1.807, 2.05) is 0 Å². The summed E-state index contributed by atoms with van der Waals surface area (Å²) in [6, 6.07) is 18.7. The number of amides is 2. The highest BCUT2D eigenvalue weighted by Gasteiger charge is 2.33. The molecule has 3 aromatic rings. The summed E-state index contributed by atoms with van der Waals surface area (Å²) in [7, 11) is -2.79. The van der Waals surface area contributed by atoms with Gasteiger partial charge in [0.15, 0.2) is 0 Å². The molecule has 3 aromatic carbocycles. The number of nitrogens with zero attached hydrogens (tertiary/aromatic N) is 2. The van der Waals surface area contributed by atoms with Crippen LogP contribution < -0.4 is 9.62 Å². The molecule has 1 N–H and O–H groups in total. The van der Waals surface area contributed by atoms with Gasteiger partial charge in [0.2, 0.25) is 11.8 Å². The Kier molecular flexibility index (Phi) is 8.48. The molecule has 0 radical (unpaired) electrons. The second-order valence-corrected chi connectivity index (χ2v) is 9.95. The summed E-state index contributed by atoms with van der Waals surface area (Å²) >= 11 is 6.32. The predicted octanol–water partition coefficient (Wildman–Crippen LogP) is 3.84. The standard InChI is InChI=1S/C25H25ClFN3O4S/c1-18(25(32)28-2)29(16-19-10-6-8-14-22(19)27)24(31)17-30(23-15-9-7-13-21(23)26)35(33,34)20-11-4-3-5-12-20/h3-15,18H,16-17H2,1-2H3,(H,28,32). The summed E-state index contributed by atoms with van der Waals surface area (Å²) < 4.78 is 42.4. The average molecular weight is 518 g/mol. The lowest BCUT2D eigenvalue weighted by Crippen LogP contribution is -2.50. The van der Waals surface area contributed by atoms with Crippen LogP contribution in [-0.2, 0) is 26.2 Å². The van der Waals surface area contributed by atoms with E-state index < -0.39 is 40.2 Å². The van der Waals surface area contributed by atoms with Gasteiger partial charge < -0.3 is 10.2 Å². The van der Waals surface area contributed by atoms with Crippen LogP contribution in [0.3, 0.4) is 0 Å². The molecule has 0 aliphatic carbocycles. The van der Waals surface area contributed by atoms with Crippen molar-refractivity contribution in [2.24, 2.45) is 0 Å². The smallest absolute Gasteiger partial charge is 0.264 e. The lowest BCUT2D eigenvalue weighted by molar-refractivity contribution is -0.139. The first-order valence-corrected chi connectivity index (χ1v) is 12.6. The molecule has 0 aromatic heterocycles. The second-order valence-electron chi connectivity index (χ2n) is 7.68. The number of hydrogen-bond donors (Lipinski definition) is 1. The maximum atomic E-state index is 14.4. The van der Waals surface area contributed by atoms with Gasteiger partial charge in [0.25, 0.3) is 10.0 Å². The zero-order chi connectivity index (χ0) is 25.6. The summed E-state index contributed by atoms with van der Waals surface area (Å²) in [6.07, 6.45) is 0. The van der Waals surface area contributed by atoms with Crippen LogP contribution in [0.4, 0.5) is 10.1 Å². The summed E-state index contributed by atoms with van der Waals surface area (Å²) in [5, 5.41) is 2.60. The number of benzene rings is 3. The first kappa shape index (κ1) is 26.2. The maximum Gasteiger partial charge on any atom is 0.264 e. The number of sulfonamides is 1. The average Bonchev–Trinajstić information content (AvgIpc) is 2.86. The molecule has 2 amide bonds. The van der Waals surface area contributed by atoms with Gasteiger partial charge in [-0.15, -0.1) is 0 Å². The molecule has 184 valence electrons. The lowest BCUT2D eigenvalue weighted by atomic mass is 10.1. The number of halogens is 2. The van der Waals surface area contributed by atoms with Crippen molar-refractivity contribution < 1.29 is 22.4 Å². The summed E-state index contributed by atoms with van der Waals surface area (Å²) in [5.41, 5.74) is 0.289. The quantitative estimate of drug-likeness (QED) is 0.467. The van der Waals surface area contributed by atoms with Gasteiger partial charge in [0.05, 0.1) is 15.6 Å². The minimum Gasteiger partial charge on any atom is -0.357 e. The van der Waals surface area contributed by atoms with Gasteiger partial charge in [0.1, 0.15) is 18.4 Å². The number of carbonyl (C=O) groups is 2. The van der Waals surface area contributed by atoms with Crippen LogP contribution in [0.2, 0.25) is 5.02 Å². The number of rotatable bonds is 9. The molecule has 0 saturated heterocycles. The van der Waals surface area contributed by atoms with Gasteiger partial charge in [0, 0.05) is 19.2 Å². The largest absolute Gasteiger partial charge is 0.357 e. The molecule has 0 saturated carbocycles. The van der Waals surface area contributed by atoms with Gasteiger partial charge >= 0.3 is 0 Å². The first-order valence-electron chi connectivity index (χ1n) is 10.7. The van der Waals surface area contributed by atoms with Crippen molar-refractivity contribution in [3.63, 3.8) is 0 Å². The first-order chi connectivity index (χ1) is 16.7.